The maximum Gasteiger partial charge on any atom is 0.116 e. The van der Waals surface area contributed by atoms with Crippen LogP contribution in [0.25, 0.3) is 0 Å². The third-order valence-electron chi connectivity index (χ3n) is 2.38. The Hall–Kier alpha value is -0.700. The highest BCUT2D eigenvalue weighted by Crippen LogP contribution is 2.21. The Bertz CT molecular complexity index is 270. The van der Waals surface area contributed by atoms with Crippen LogP contribution in [0.15, 0.2) is 11.8 Å². The van der Waals surface area contributed by atoms with E-state index in [0.717, 1.165) is 18.5 Å². The van der Waals surface area contributed by atoms with Crippen molar-refractivity contribution in [3.05, 3.63) is 11.8 Å². The first-order valence-electron chi connectivity index (χ1n) is 4.27. The minimum atomic E-state index is 0.0798. The summed E-state index contributed by atoms with van der Waals surface area (Å²) in [7, 11) is 0. The summed E-state index contributed by atoms with van der Waals surface area (Å²) in [4.78, 5) is 0. The molecule has 13 heavy (non-hydrogen) atoms. The van der Waals surface area contributed by atoms with Gasteiger partial charge in [0.05, 0.1) is 17.0 Å². The zero-order valence-corrected chi connectivity index (χ0v) is 8.27. The van der Waals surface area contributed by atoms with Gasteiger partial charge in [-0.2, -0.15) is 5.26 Å². The Balaban J connectivity index is 2.06. The summed E-state index contributed by atoms with van der Waals surface area (Å²) < 4.78 is 0. The van der Waals surface area contributed by atoms with E-state index in [1.807, 2.05) is 0 Å². The van der Waals surface area contributed by atoms with E-state index >= 15 is 0 Å². The molecular formula is C8H12N4S. The summed E-state index contributed by atoms with van der Waals surface area (Å²) in [6.07, 6.45) is 5.06. The summed E-state index contributed by atoms with van der Waals surface area (Å²) in [5, 5.41) is 14.8. The average molecular weight is 196 g/mol. The van der Waals surface area contributed by atoms with Crippen LogP contribution in [-0.2, 0) is 0 Å². The Labute approximate surface area is 81.9 Å². The van der Waals surface area contributed by atoms with Crippen LogP contribution in [0.3, 0.4) is 0 Å². The number of thioether (sulfide) groups is 1. The van der Waals surface area contributed by atoms with Crippen LogP contribution in [0.5, 0.6) is 0 Å². The van der Waals surface area contributed by atoms with E-state index in [1.54, 1.807) is 18.0 Å². The van der Waals surface area contributed by atoms with Gasteiger partial charge >= 0.3 is 0 Å². The maximum atomic E-state index is 8.83. The number of hydrogen-bond donors (Lipinski definition) is 2. The Morgan fingerprint density at radius 3 is 3.31 bits per heavy atom. The summed E-state index contributed by atoms with van der Waals surface area (Å²) in [5.41, 5.74) is 3.86. The van der Waals surface area contributed by atoms with Crippen molar-refractivity contribution in [2.75, 3.05) is 12.8 Å². The van der Waals surface area contributed by atoms with Gasteiger partial charge in [0.2, 0.25) is 0 Å². The molecule has 2 N–H and O–H groups in total. The zero-order valence-electron chi connectivity index (χ0n) is 7.45. The Morgan fingerprint density at radius 2 is 2.62 bits per heavy atom. The molecule has 0 aromatic heterocycles. The van der Waals surface area contributed by atoms with Gasteiger partial charge < -0.3 is 5.43 Å². The number of nitrogens with one attached hydrogen (secondary N) is 2. The van der Waals surface area contributed by atoms with Crippen LogP contribution in [0.4, 0.5) is 0 Å². The predicted molar refractivity (Wildman–Crippen MR) is 52.4 cm³/mol. The molecule has 1 fully saturated rings. The van der Waals surface area contributed by atoms with Gasteiger partial charge in [-0.15, -0.1) is 11.8 Å². The fraction of sp³-hybridized carbons (Fsp3) is 0.625. The first-order chi connectivity index (χ1) is 6.35. The predicted octanol–water partition coefficient (Wildman–Crippen LogP) is 0.223. The standard InChI is InChI=1S/C8H12N4S/c1-13-7-2-3-12-8(11-7)6(4-9)5-10-12/h5,7-8,10-11H,2-3H2,1H3. The van der Waals surface area contributed by atoms with Gasteiger partial charge in [0.25, 0.3) is 0 Å². The van der Waals surface area contributed by atoms with Crippen LogP contribution < -0.4 is 10.7 Å². The highest BCUT2D eigenvalue weighted by molar-refractivity contribution is 7.99. The van der Waals surface area contributed by atoms with E-state index in [0.29, 0.717) is 5.37 Å². The van der Waals surface area contributed by atoms with E-state index in [9.17, 15) is 0 Å². The second-order valence-electron chi connectivity index (χ2n) is 3.12. The van der Waals surface area contributed by atoms with Crippen molar-refractivity contribution in [2.45, 2.75) is 18.0 Å². The molecule has 0 radical (unpaired) electrons. The molecule has 0 amide bonds. The molecule has 70 valence electrons. The average Bonchev–Trinajstić information content (AvgIpc) is 2.59. The second-order valence-corrected chi connectivity index (χ2v) is 4.16. The molecule has 2 rings (SSSR count). The number of rotatable bonds is 1. The van der Waals surface area contributed by atoms with Gasteiger partial charge in [0.1, 0.15) is 6.17 Å². The topological polar surface area (TPSA) is 51.1 Å². The monoisotopic (exact) mass is 196 g/mol. The SMILES string of the molecule is CSC1CCN2NC=C(C#N)C2N1. The Morgan fingerprint density at radius 1 is 1.77 bits per heavy atom. The van der Waals surface area contributed by atoms with E-state index in [1.165, 1.54) is 0 Å². The minimum absolute atomic E-state index is 0.0798. The molecule has 0 aromatic rings. The molecule has 2 aliphatic heterocycles. The molecule has 0 aromatic carbocycles. The van der Waals surface area contributed by atoms with Crippen molar-refractivity contribution in [2.24, 2.45) is 0 Å². The molecule has 1 saturated heterocycles. The fourth-order valence-electron chi connectivity index (χ4n) is 1.64. The molecule has 2 atom stereocenters. The smallest absolute Gasteiger partial charge is 0.116 e. The van der Waals surface area contributed by atoms with Crippen molar-refractivity contribution >= 4 is 11.8 Å². The molecule has 0 aliphatic carbocycles. The van der Waals surface area contributed by atoms with Crippen molar-refractivity contribution in [3.63, 3.8) is 0 Å². The molecule has 5 heteroatoms. The largest absolute Gasteiger partial charge is 0.323 e. The molecule has 2 unspecified atom stereocenters. The maximum absolute atomic E-state index is 8.83. The number of hydrazine groups is 1. The molecule has 4 nitrogen and oxygen atoms in total. The van der Waals surface area contributed by atoms with Gasteiger partial charge in [-0.05, 0) is 12.7 Å². The third kappa shape index (κ3) is 1.53. The number of fused-ring (bicyclic) bond motifs is 1. The highest BCUT2D eigenvalue weighted by atomic mass is 32.2. The highest BCUT2D eigenvalue weighted by Gasteiger charge is 2.33. The summed E-state index contributed by atoms with van der Waals surface area (Å²) >= 11 is 1.81. The minimum Gasteiger partial charge on any atom is -0.323 e. The van der Waals surface area contributed by atoms with Crippen molar-refractivity contribution in [1.29, 1.82) is 5.26 Å². The summed E-state index contributed by atoms with van der Waals surface area (Å²) in [6.45, 7) is 0.991. The molecule has 2 aliphatic rings. The van der Waals surface area contributed by atoms with Gasteiger partial charge in [-0.25, -0.2) is 5.01 Å². The number of hydrogen-bond acceptors (Lipinski definition) is 5. The Kier molecular flexibility index (Phi) is 2.44. The van der Waals surface area contributed by atoms with Crippen LogP contribution in [-0.4, -0.2) is 29.3 Å². The normalized spacial score (nSPS) is 33.1. The number of nitriles is 1. The number of nitrogens with zero attached hydrogens (tertiary/aromatic N) is 2. The fourth-order valence-corrected chi connectivity index (χ4v) is 2.25. The summed E-state index contributed by atoms with van der Waals surface area (Å²) in [5.74, 6) is 0. The first-order valence-corrected chi connectivity index (χ1v) is 5.56. The summed E-state index contributed by atoms with van der Waals surface area (Å²) in [6, 6.07) is 2.19. The first kappa shape index (κ1) is 8.88. The van der Waals surface area contributed by atoms with Crippen molar-refractivity contribution in [1.82, 2.24) is 15.8 Å². The second kappa shape index (κ2) is 3.58. The molecule has 0 spiro atoms. The quantitative estimate of drug-likeness (QED) is 0.628. The zero-order chi connectivity index (χ0) is 9.26. The van der Waals surface area contributed by atoms with E-state index in [4.69, 9.17) is 5.26 Å². The van der Waals surface area contributed by atoms with Crippen molar-refractivity contribution < 1.29 is 0 Å². The van der Waals surface area contributed by atoms with Crippen molar-refractivity contribution in [3.8, 4) is 6.07 Å². The van der Waals surface area contributed by atoms with E-state index in [-0.39, 0.29) is 6.17 Å². The molecule has 0 saturated carbocycles. The van der Waals surface area contributed by atoms with Crippen LogP contribution >= 0.6 is 11.8 Å². The van der Waals surface area contributed by atoms with Crippen LogP contribution in [0, 0.1) is 11.3 Å². The van der Waals surface area contributed by atoms with Gasteiger partial charge in [0, 0.05) is 12.7 Å². The van der Waals surface area contributed by atoms with Gasteiger partial charge in [-0.1, -0.05) is 0 Å². The molecule has 2 heterocycles. The molecule has 0 bridgehead atoms. The van der Waals surface area contributed by atoms with Gasteiger partial charge in [0.15, 0.2) is 0 Å². The van der Waals surface area contributed by atoms with Gasteiger partial charge in [-0.3, -0.25) is 5.32 Å². The van der Waals surface area contributed by atoms with E-state index in [2.05, 4.69) is 28.1 Å². The van der Waals surface area contributed by atoms with E-state index < -0.39 is 0 Å². The van der Waals surface area contributed by atoms with Crippen LogP contribution in [0.1, 0.15) is 6.42 Å². The van der Waals surface area contributed by atoms with Crippen LogP contribution in [0.2, 0.25) is 0 Å². The lowest BCUT2D eigenvalue weighted by atomic mass is 10.2. The third-order valence-corrected chi connectivity index (χ3v) is 3.32. The lowest BCUT2D eigenvalue weighted by Crippen LogP contribution is -2.55. The lowest BCUT2D eigenvalue weighted by molar-refractivity contribution is 0.132. The molecular weight excluding hydrogens is 184 g/mol. The lowest BCUT2D eigenvalue weighted by Gasteiger charge is -2.35.